The maximum Gasteiger partial charge on any atom is 0.245 e. The Balaban J connectivity index is 2.02. The minimum absolute atomic E-state index is 0.126. The second-order valence-electron chi connectivity index (χ2n) is 4.91. The third kappa shape index (κ3) is 3.65. The third-order valence-corrected chi connectivity index (χ3v) is 4.84. The van der Waals surface area contributed by atoms with Gasteiger partial charge in [0, 0.05) is 25.0 Å². The summed E-state index contributed by atoms with van der Waals surface area (Å²) in [5, 5.41) is 9.54. The van der Waals surface area contributed by atoms with Crippen LogP contribution in [0.1, 0.15) is 25.7 Å². The lowest BCUT2D eigenvalue weighted by Gasteiger charge is -2.25. The van der Waals surface area contributed by atoms with Crippen molar-refractivity contribution in [3.8, 4) is 0 Å². The van der Waals surface area contributed by atoms with E-state index < -0.39 is 15.5 Å². The lowest BCUT2D eigenvalue weighted by Crippen LogP contribution is -2.34. The molecule has 0 amide bonds. The molecule has 0 aromatic carbocycles. The van der Waals surface area contributed by atoms with Crippen molar-refractivity contribution < 1.29 is 13.5 Å². The van der Waals surface area contributed by atoms with Crippen LogP contribution in [0.25, 0.3) is 0 Å². The van der Waals surface area contributed by atoms with E-state index in [1.165, 1.54) is 18.5 Å². The zero-order valence-corrected chi connectivity index (χ0v) is 11.3. The number of rotatable bonds is 4. The van der Waals surface area contributed by atoms with Gasteiger partial charge in [0.1, 0.15) is 4.90 Å². The van der Waals surface area contributed by atoms with Gasteiger partial charge < -0.3 is 10.1 Å². The molecule has 2 unspecified atom stereocenters. The average Bonchev–Trinajstić information content (AvgIpc) is 2.37. The highest BCUT2D eigenvalue weighted by Gasteiger charge is 2.23. The summed E-state index contributed by atoms with van der Waals surface area (Å²) in [5.74, 6) is 0.126. The number of hydrogen-bond donors (Lipinski definition) is 3. The van der Waals surface area contributed by atoms with E-state index in [0.717, 1.165) is 19.3 Å². The number of hydrogen-bond acceptors (Lipinski definition) is 4. The Morgan fingerprint density at radius 1 is 1.42 bits per heavy atom. The number of H-pyrrole nitrogens is 1. The Morgan fingerprint density at radius 3 is 2.89 bits per heavy atom. The van der Waals surface area contributed by atoms with E-state index in [2.05, 4.69) is 9.71 Å². The van der Waals surface area contributed by atoms with Crippen molar-refractivity contribution >= 4 is 10.0 Å². The SMILES string of the molecule is O=c1cc[nH]cc1S(=O)(=O)NCC1CCCC(O)C1. The molecule has 2 atom stereocenters. The van der Waals surface area contributed by atoms with Crippen LogP contribution in [-0.2, 0) is 10.0 Å². The number of aromatic nitrogens is 1. The number of aliphatic hydroxyl groups excluding tert-OH is 1. The molecule has 1 aliphatic carbocycles. The van der Waals surface area contributed by atoms with Gasteiger partial charge in [-0.2, -0.15) is 0 Å². The molecule has 19 heavy (non-hydrogen) atoms. The maximum atomic E-state index is 12.0. The van der Waals surface area contributed by atoms with E-state index in [1.807, 2.05) is 0 Å². The van der Waals surface area contributed by atoms with Crippen LogP contribution in [0.2, 0.25) is 0 Å². The molecule has 6 nitrogen and oxygen atoms in total. The summed E-state index contributed by atoms with van der Waals surface area (Å²) in [5.41, 5.74) is -0.532. The van der Waals surface area contributed by atoms with Gasteiger partial charge in [0.05, 0.1) is 6.10 Å². The smallest absolute Gasteiger partial charge is 0.245 e. The normalized spacial score (nSPS) is 24.3. The minimum atomic E-state index is -3.78. The molecule has 0 aliphatic heterocycles. The van der Waals surface area contributed by atoms with Gasteiger partial charge in [-0.05, 0) is 25.2 Å². The van der Waals surface area contributed by atoms with E-state index in [0.29, 0.717) is 6.42 Å². The fraction of sp³-hybridized carbons (Fsp3) is 0.583. The van der Waals surface area contributed by atoms with Crippen molar-refractivity contribution in [2.24, 2.45) is 5.92 Å². The van der Waals surface area contributed by atoms with Gasteiger partial charge in [-0.15, -0.1) is 0 Å². The number of sulfonamides is 1. The molecular weight excluding hydrogens is 268 g/mol. The van der Waals surface area contributed by atoms with Crippen molar-refractivity contribution in [2.75, 3.05) is 6.54 Å². The average molecular weight is 286 g/mol. The quantitative estimate of drug-likeness (QED) is 0.736. The third-order valence-electron chi connectivity index (χ3n) is 3.39. The summed E-state index contributed by atoms with van der Waals surface area (Å²) in [4.78, 5) is 13.8. The predicted octanol–water partition coefficient (Wildman–Crippen LogP) is 0.204. The lowest BCUT2D eigenvalue weighted by atomic mass is 9.87. The van der Waals surface area contributed by atoms with E-state index in [-0.39, 0.29) is 23.5 Å². The Hall–Kier alpha value is -1.18. The molecule has 0 bridgehead atoms. The Labute approximate surface area is 111 Å². The van der Waals surface area contributed by atoms with Crippen LogP contribution in [0.15, 0.2) is 28.2 Å². The Morgan fingerprint density at radius 2 is 2.21 bits per heavy atom. The monoisotopic (exact) mass is 286 g/mol. The Bertz CT molecular complexity index is 581. The van der Waals surface area contributed by atoms with Crippen molar-refractivity contribution in [1.29, 1.82) is 0 Å². The van der Waals surface area contributed by atoms with Crippen LogP contribution in [0.3, 0.4) is 0 Å². The molecule has 1 aliphatic rings. The Kier molecular flexibility index (Phi) is 4.38. The fourth-order valence-corrected chi connectivity index (χ4v) is 3.53. The van der Waals surface area contributed by atoms with Crippen LogP contribution >= 0.6 is 0 Å². The summed E-state index contributed by atoms with van der Waals surface area (Å²) in [7, 11) is -3.78. The van der Waals surface area contributed by atoms with E-state index in [4.69, 9.17) is 0 Å². The molecule has 7 heteroatoms. The lowest BCUT2D eigenvalue weighted by molar-refractivity contribution is 0.102. The molecular formula is C12H18N2O4S. The highest BCUT2D eigenvalue weighted by Crippen LogP contribution is 2.23. The fourth-order valence-electron chi connectivity index (χ4n) is 2.36. The molecule has 0 spiro atoms. The van der Waals surface area contributed by atoms with Gasteiger partial charge in [-0.25, -0.2) is 13.1 Å². The zero-order chi connectivity index (χ0) is 13.9. The minimum Gasteiger partial charge on any atom is -0.393 e. The van der Waals surface area contributed by atoms with Crippen LogP contribution < -0.4 is 10.2 Å². The van der Waals surface area contributed by atoms with Crippen LogP contribution in [0, 0.1) is 5.92 Å². The summed E-state index contributed by atoms with van der Waals surface area (Å²) in [6, 6.07) is 1.18. The molecule has 1 saturated carbocycles. The predicted molar refractivity (Wildman–Crippen MR) is 70.2 cm³/mol. The first-order chi connectivity index (χ1) is 8.99. The zero-order valence-electron chi connectivity index (χ0n) is 10.5. The van der Waals surface area contributed by atoms with Gasteiger partial charge in [0.25, 0.3) is 0 Å². The number of aliphatic hydroxyl groups is 1. The number of nitrogens with one attached hydrogen (secondary N) is 2. The second-order valence-corrected chi connectivity index (χ2v) is 6.65. The summed E-state index contributed by atoms with van der Waals surface area (Å²) >= 11 is 0. The van der Waals surface area contributed by atoms with Crippen LogP contribution in [0.4, 0.5) is 0 Å². The van der Waals surface area contributed by atoms with E-state index in [9.17, 15) is 18.3 Å². The molecule has 1 aromatic heterocycles. The van der Waals surface area contributed by atoms with Crippen LogP contribution in [-0.4, -0.2) is 31.2 Å². The molecule has 106 valence electrons. The standard InChI is InChI=1S/C12H18N2O4S/c15-10-3-1-2-9(6-10)7-14-19(17,18)12-8-13-5-4-11(12)16/h4-5,8-10,14-15H,1-3,6-7H2,(H,13,16). The van der Waals surface area contributed by atoms with Crippen LogP contribution in [0.5, 0.6) is 0 Å². The largest absolute Gasteiger partial charge is 0.393 e. The highest BCUT2D eigenvalue weighted by molar-refractivity contribution is 7.89. The van der Waals surface area contributed by atoms with Crippen molar-refractivity contribution in [1.82, 2.24) is 9.71 Å². The first kappa shape index (κ1) is 14.2. The topological polar surface area (TPSA) is 99.3 Å². The number of pyridine rings is 1. The first-order valence-electron chi connectivity index (χ1n) is 6.34. The van der Waals surface area contributed by atoms with Crippen molar-refractivity contribution in [3.05, 3.63) is 28.7 Å². The van der Waals surface area contributed by atoms with Crippen molar-refractivity contribution in [3.63, 3.8) is 0 Å². The van der Waals surface area contributed by atoms with E-state index in [1.54, 1.807) is 0 Å². The van der Waals surface area contributed by atoms with Gasteiger partial charge in [0.15, 0.2) is 0 Å². The molecule has 2 rings (SSSR count). The van der Waals surface area contributed by atoms with Gasteiger partial charge in [-0.1, -0.05) is 6.42 Å². The summed E-state index contributed by atoms with van der Waals surface area (Å²) < 4.78 is 26.4. The van der Waals surface area contributed by atoms with Gasteiger partial charge >= 0.3 is 0 Å². The first-order valence-corrected chi connectivity index (χ1v) is 7.82. The molecule has 1 fully saturated rings. The van der Waals surface area contributed by atoms with Gasteiger partial charge in [0.2, 0.25) is 15.5 Å². The molecule has 1 aromatic rings. The summed E-state index contributed by atoms with van der Waals surface area (Å²) in [6.45, 7) is 0.258. The van der Waals surface area contributed by atoms with Gasteiger partial charge in [-0.3, -0.25) is 4.79 Å². The molecule has 0 radical (unpaired) electrons. The molecule has 3 N–H and O–H groups in total. The summed E-state index contributed by atoms with van der Waals surface area (Å²) in [6.07, 6.45) is 5.40. The van der Waals surface area contributed by atoms with E-state index >= 15 is 0 Å². The van der Waals surface area contributed by atoms with Crippen molar-refractivity contribution in [2.45, 2.75) is 36.7 Å². The second kappa shape index (κ2) is 5.85. The highest BCUT2D eigenvalue weighted by atomic mass is 32.2. The molecule has 0 saturated heterocycles. The number of aromatic amines is 1. The molecule has 1 heterocycles. The maximum absolute atomic E-state index is 12.0.